The van der Waals surface area contributed by atoms with Crippen molar-refractivity contribution in [3.05, 3.63) is 111 Å². The summed E-state index contributed by atoms with van der Waals surface area (Å²) in [7, 11) is 0. The van der Waals surface area contributed by atoms with E-state index in [1.54, 1.807) is 0 Å². The van der Waals surface area contributed by atoms with Crippen LogP contribution in [0.2, 0.25) is 0 Å². The molecule has 0 unspecified atom stereocenters. The van der Waals surface area contributed by atoms with Crippen molar-refractivity contribution in [1.29, 1.82) is 0 Å². The third kappa shape index (κ3) is 3.93. The normalized spacial score (nSPS) is 17.8. The Balaban J connectivity index is 1.68. The monoisotopic (exact) mass is 534 g/mol. The third-order valence-corrected chi connectivity index (χ3v) is 7.60. The van der Waals surface area contributed by atoms with Gasteiger partial charge < -0.3 is 14.8 Å². The molecule has 1 aliphatic heterocycles. The van der Waals surface area contributed by atoms with E-state index in [0.29, 0.717) is 5.11 Å². The largest absolute Gasteiger partial charge is 0.351 e. The molecule has 0 radical (unpaired) electrons. The maximum atomic E-state index is 13.6. The van der Waals surface area contributed by atoms with Crippen LogP contribution >= 0.6 is 28.1 Å². The van der Waals surface area contributed by atoms with Gasteiger partial charge in [0, 0.05) is 33.4 Å². The number of aryl methyl sites for hydroxylation is 2. The quantitative estimate of drug-likeness (QED) is 0.289. The fraction of sp³-hybridized carbons (Fsp3) is 0.185. The number of benzene rings is 2. The maximum absolute atomic E-state index is 13.6. The van der Waals surface area contributed by atoms with Gasteiger partial charge in [0.15, 0.2) is 5.11 Å². The van der Waals surface area contributed by atoms with Crippen LogP contribution in [0.5, 0.6) is 0 Å². The van der Waals surface area contributed by atoms with Crippen molar-refractivity contribution < 1.29 is 4.39 Å². The zero-order chi connectivity index (χ0) is 24.0. The van der Waals surface area contributed by atoms with Crippen molar-refractivity contribution in [3.63, 3.8) is 0 Å². The maximum Gasteiger partial charge on any atom is 0.174 e. The number of thiocarbonyl (C=S) groups is 1. The van der Waals surface area contributed by atoms with Gasteiger partial charge in [-0.25, -0.2) is 4.39 Å². The molecule has 0 amide bonds. The van der Waals surface area contributed by atoms with Crippen LogP contribution in [0.4, 0.5) is 10.1 Å². The fourth-order valence-electron chi connectivity index (χ4n) is 4.80. The molecule has 2 aromatic heterocycles. The molecule has 34 heavy (non-hydrogen) atoms. The SMILES string of the molecule is Cc1cc(N2C(=S)N[C@H](c3ccccn3)[C@@H]2c2cc(C)n(-c3ccc(F)cc3)c2C)ccc1Br. The predicted molar refractivity (Wildman–Crippen MR) is 142 cm³/mol. The number of hydrogen-bond donors (Lipinski definition) is 1. The molecule has 2 aromatic carbocycles. The Labute approximate surface area is 212 Å². The highest BCUT2D eigenvalue weighted by molar-refractivity contribution is 9.10. The molecule has 0 aliphatic carbocycles. The van der Waals surface area contributed by atoms with Crippen LogP contribution < -0.4 is 10.2 Å². The van der Waals surface area contributed by atoms with Crippen LogP contribution in [0, 0.1) is 26.6 Å². The third-order valence-electron chi connectivity index (χ3n) is 6.39. The number of pyridine rings is 1. The van der Waals surface area contributed by atoms with Crippen LogP contribution in [-0.4, -0.2) is 14.7 Å². The van der Waals surface area contributed by atoms with Gasteiger partial charge in [-0.2, -0.15) is 0 Å². The van der Waals surface area contributed by atoms with Crippen molar-refractivity contribution in [1.82, 2.24) is 14.9 Å². The van der Waals surface area contributed by atoms with Crippen molar-refractivity contribution in [3.8, 4) is 5.69 Å². The second-order valence-corrected chi connectivity index (χ2v) is 9.81. The van der Waals surface area contributed by atoms with E-state index in [4.69, 9.17) is 12.2 Å². The summed E-state index contributed by atoms with van der Waals surface area (Å²) in [5, 5.41) is 4.19. The summed E-state index contributed by atoms with van der Waals surface area (Å²) in [6.07, 6.45) is 1.81. The molecule has 4 aromatic rings. The van der Waals surface area contributed by atoms with Crippen molar-refractivity contribution in [2.45, 2.75) is 32.9 Å². The van der Waals surface area contributed by atoms with E-state index in [0.717, 1.165) is 44.1 Å². The molecule has 3 heterocycles. The van der Waals surface area contributed by atoms with Gasteiger partial charge in [0.25, 0.3) is 0 Å². The van der Waals surface area contributed by atoms with E-state index in [2.05, 4.69) is 80.7 Å². The van der Waals surface area contributed by atoms with E-state index < -0.39 is 0 Å². The number of halogens is 2. The number of rotatable bonds is 4. The topological polar surface area (TPSA) is 33.1 Å². The van der Waals surface area contributed by atoms with Gasteiger partial charge in [0.2, 0.25) is 0 Å². The van der Waals surface area contributed by atoms with Crippen LogP contribution in [0.25, 0.3) is 5.69 Å². The van der Waals surface area contributed by atoms with E-state index in [9.17, 15) is 4.39 Å². The lowest BCUT2D eigenvalue weighted by Crippen LogP contribution is -2.29. The highest BCUT2D eigenvalue weighted by Crippen LogP contribution is 2.44. The van der Waals surface area contributed by atoms with Crippen LogP contribution in [-0.2, 0) is 0 Å². The van der Waals surface area contributed by atoms with Crippen molar-refractivity contribution >= 4 is 38.9 Å². The lowest BCUT2D eigenvalue weighted by molar-refractivity contribution is 0.565. The van der Waals surface area contributed by atoms with Gasteiger partial charge in [0.1, 0.15) is 5.82 Å². The first-order valence-electron chi connectivity index (χ1n) is 11.1. The standard InChI is InChI=1S/C27H24BrFN4S/c1-16-14-21(11-12-23(16)28)33-26(25(31-27(33)34)24-6-4-5-13-30-24)22-15-17(2)32(18(22)3)20-9-7-19(29)8-10-20/h4-15,25-26H,1-3H3,(H,31,34)/t25-,26+/m1/s1. The molecule has 172 valence electrons. The molecule has 0 spiro atoms. The summed E-state index contributed by atoms with van der Waals surface area (Å²) in [5.41, 5.74) is 7.31. The molecule has 2 atom stereocenters. The second kappa shape index (κ2) is 8.96. The Morgan fingerprint density at radius 3 is 2.38 bits per heavy atom. The van der Waals surface area contributed by atoms with Crippen molar-refractivity contribution in [2.24, 2.45) is 0 Å². The molecule has 1 aliphatic rings. The number of hydrogen-bond acceptors (Lipinski definition) is 2. The van der Waals surface area contributed by atoms with Gasteiger partial charge in [-0.3, -0.25) is 4.98 Å². The molecule has 0 bridgehead atoms. The minimum absolute atomic E-state index is 0.108. The summed E-state index contributed by atoms with van der Waals surface area (Å²) in [6, 6.07) is 20.8. The number of nitrogens with zero attached hydrogens (tertiary/aromatic N) is 3. The smallest absolute Gasteiger partial charge is 0.174 e. The number of anilines is 1. The summed E-state index contributed by atoms with van der Waals surface area (Å²) >= 11 is 9.48. The van der Waals surface area contributed by atoms with E-state index in [-0.39, 0.29) is 17.9 Å². The average Bonchev–Trinajstić information content (AvgIpc) is 3.32. The van der Waals surface area contributed by atoms with E-state index in [1.807, 2.05) is 36.5 Å². The van der Waals surface area contributed by atoms with Gasteiger partial charge in [-0.05, 0) is 105 Å². The highest BCUT2D eigenvalue weighted by Gasteiger charge is 2.42. The molecule has 7 heteroatoms. The molecule has 1 saturated heterocycles. The summed E-state index contributed by atoms with van der Waals surface area (Å²) in [4.78, 5) is 6.84. The molecular weight excluding hydrogens is 511 g/mol. The van der Waals surface area contributed by atoms with Gasteiger partial charge in [0.05, 0.1) is 17.8 Å². The molecule has 1 N–H and O–H groups in total. The van der Waals surface area contributed by atoms with Crippen LogP contribution in [0.1, 0.15) is 40.3 Å². The van der Waals surface area contributed by atoms with Crippen molar-refractivity contribution in [2.75, 3.05) is 4.90 Å². The van der Waals surface area contributed by atoms with Crippen LogP contribution in [0.3, 0.4) is 0 Å². The Morgan fingerprint density at radius 2 is 1.71 bits per heavy atom. The second-order valence-electron chi connectivity index (χ2n) is 8.57. The van der Waals surface area contributed by atoms with Gasteiger partial charge in [-0.15, -0.1) is 0 Å². The van der Waals surface area contributed by atoms with Gasteiger partial charge >= 0.3 is 0 Å². The zero-order valence-electron chi connectivity index (χ0n) is 19.1. The lowest BCUT2D eigenvalue weighted by Gasteiger charge is -2.28. The minimum Gasteiger partial charge on any atom is -0.351 e. The first-order valence-corrected chi connectivity index (χ1v) is 12.3. The highest BCUT2D eigenvalue weighted by atomic mass is 79.9. The molecule has 0 saturated carbocycles. The van der Waals surface area contributed by atoms with Gasteiger partial charge in [-0.1, -0.05) is 22.0 Å². The zero-order valence-corrected chi connectivity index (χ0v) is 21.5. The van der Waals surface area contributed by atoms with E-state index in [1.165, 1.54) is 12.1 Å². The summed E-state index contributed by atoms with van der Waals surface area (Å²) in [5.74, 6) is -0.247. The predicted octanol–water partition coefficient (Wildman–Crippen LogP) is 6.88. The average molecular weight is 535 g/mol. The minimum atomic E-state index is -0.247. The molecule has 5 rings (SSSR count). The Morgan fingerprint density at radius 1 is 0.971 bits per heavy atom. The summed E-state index contributed by atoms with van der Waals surface area (Å²) in [6.45, 7) is 6.25. The lowest BCUT2D eigenvalue weighted by atomic mass is 9.96. The Hall–Kier alpha value is -3.03. The Bertz CT molecular complexity index is 1370. The first kappa shape index (κ1) is 22.7. The van der Waals surface area contributed by atoms with E-state index >= 15 is 0 Å². The fourth-order valence-corrected chi connectivity index (χ4v) is 5.39. The Kier molecular flexibility index (Phi) is 6.00. The molecule has 1 fully saturated rings. The first-order chi connectivity index (χ1) is 16.3. The number of nitrogens with one attached hydrogen (secondary N) is 1. The molecule has 4 nitrogen and oxygen atoms in total. The van der Waals surface area contributed by atoms with Crippen LogP contribution in [0.15, 0.2) is 77.4 Å². The number of aromatic nitrogens is 2. The molecular formula is C27H24BrFN4S. The summed E-state index contributed by atoms with van der Waals surface area (Å²) < 4.78 is 16.8.